The molecule has 0 unspecified atom stereocenters. The number of hydrogen-bond donors (Lipinski definition) is 3. The average molecular weight is 429 g/mol. The van der Waals surface area contributed by atoms with E-state index < -0.39 is 10.1 Å². The first-order valence-electron chi connectivity index (χ1n) is 9.00. The zero-order chi connectivity index (χ0) is 22.0. The number of phenolic OH excluding ortho intramolecular Hbond substituents is 1. The zero-order valence-electron chi connectivity index (χ0n) is 16.4. The maximum absolute atomic E-state index is 11.5. The highest BCUT2D eigenvalue weighted by molar-refractivity contribution is 7.85. The number of aryl methyl sites for hydroxylation is 1. The molecule has 0 saturated heterocycles. The first-order valence-corrected chi connectivity index (χ1v) is 10.4. The van der Waals surface area contributed by atoms with Crippen LogP contribution in [0.5, 0.6) is 5.75 Å². The molecule has 30 heavy (non-hydrogen) atoms. The monoisotopic (exact) mass is 429 g/mol. The van der Waals surface area contributed by atoms with Crippen molar-refractivity contribution >= 4 is 21.8 Å². The van der Waals surface area contributed by atoms with Crippen molar-refractivity contribution in [1.29, 1.82) is 0 Å². The highest BCUT2D eigenvalue weighted by Crippen LogP contribution is 2.13. The van der Waals surface area contributed by atoms with Gasteiger partial charge in [-0.3, -0.25) is 9.35 Å². The minimum absolute atomic E-state index is 0.0666. The summed E-state index contributed by atoms with van der Waals surface area (Å²) in [5, 5.41) is 12.0. The number of carbonyl (C=O) groups excluding carboxylic acids is 1. The molecule has 3 aromatic rings. The van der Waals surface area contributed by atoms with Crippen LogP contribution in [0.3, 0.4) is 0 Å². The number of nitrogens with one attached hydrogen (secondary N) is 1. The Bertz CT molecular complexity index is 1030. The molecule has 0 amide bonds. The maximum Gasteiger partial charge on any atom is 0.325 e. The van der Waals surface area contributed by atoms with Crippen LogP contribution in [0, 0.1) is 6.92 Å². The quantitative estimate of drug-likeness (QED) is 0.310. The summed E-state index contributed by atoms with van der Waals surface area (Å²) in [5.74, 6) is -0.130. The Morgan fingerprint density at radius 1 is 0.933 bits per heavy atom. The summed E-state index contributed by atoms with van der Waals surface area (Å²) < 4.78 is 34.7. The largest absolute Gasteiger partial charge is 0.508 e. The molecular weight excluding hydrogens is 406 g/mol. The van der Waals surface area contributed by atoms with Crippen LogP contribution < -0.4 is 5.32 Å². The molecule has 0 aliphatic rings. The van der Waals surface area contributed by atoms with Crippen molar-refractivity contribution in [1.82, 2.24) is 0 Å². The van der Waals surface area contributed by atoms with Crippen LogP contribution in [0.4, 0.5) is 5.69 Å². The molecular formula is C22H23NO6S. The molecule has 0 atom stereocenters. The van der Waals surface area contributed by atoms with Gasteiger partial charge in [-0.25, -0.2) is 0 Å². The second-order valence-corrected chi connectivity index (χ2v) is 7.76. The van der Waals surface area contributed by atoms with Crippen LogP contribution in [0.15, 0.2) is 83.8 Å². The number of rotatable bonds is 6. The minimum Gasteiger partial charge on any atom is -0.508 e. The van der Waals surface area contributed by atoms with E-state index in [1.807, 2.05) is 37.3 Å². The number of hydrogen-bond acceptors (Lipinski definition) is 6. The van der Waals surface area contributed by atoms with E-state index in [-0.39, 0.29) is 29.8 Å². The third-order valence-electron chi connectivity index (χ3n) is 3.87. The lowest BCUT2D eigenvalue weighted by molar-refractivity contribution is -0.142. The van der Waals surface area contributed by atoms with Crippen molar-refractivity contribution in [3.63, 3.8) is 0 Å². The van der Waals surface area contributed by atoms with Crippen LogP contribution in [0.25, 0.3) is 0 Å². The van der Waals surface area contributed by atoms with E-state index in [4.69, 9.17) is 14.4 Å². The van der Waals surface area contributed by atoms with E-state index in [0.717, 1.165) is 16.8 Å². The fraction of sp³-hybridized carbons (Fsp3) is 0.136. The number of benzene rings is 3. The summed E-state index contributed by atoms with van der Waals surface area (Å²) in [6.07, 6.45) is 0. The van der Waals surface area contributed by atoms with E-state index in [0.29, 0.717) is 0 Å². The van der Waals surface area contributed by atoms with Crippen LogP contribution in [-0.2, 0) is 26.3 Å². The molecule has 0 aliphatic heterocycles. The van der Waals surface area contributed by atoms with Gasteiger partial charge in [0.05, 0.1) is 4.90 Å². The van der Waals surface area contributed by atoms with Crippen molar-refractivity contribution < 1.29 is 27.6 Å². The Balaban J connectivity index is 0.000000248. The molecule has 0 fully saturated rings. The lowest BCUT2D eigenvalue weighted by Crippen LogP contribution is -2.16. The molecule has 3 aromatic carbocycles. The Hall–Kier alpha value is -3.36. The second-order valence-electron chi connectivity index (χ2n) is 6.33. The predicted molar refractivity (Wildman–Crippen MR) is 114 cm³/mol. The molecule has 0 radical (unpaired) electrons. The van der Waals surface area contributed by atoms with Gasteiger partial charge in [0.25, 0.3) is 10.1 Å². The molecule has 0 saturated carbocycles. The summed E-state index contributed by atoms with van der Waals surface area (Å²) in [5.41, 5.74) is 2.67. The van der Waals surface area contributed by atoms with Gasteiger partial charge in [-0.1, -0.05) is 48.0 Å². The maximum atomic E-state index is 11.5. The molecule has 0 heterocycles. The highest BCUT2D eigenvalue weighted by Gasteiger charge is 2.07. The first kappa shape index (κ1) is 22.9. The molecule has 7 nitrogen and oxygen atoms in total. The van der Waals surface area contributed by atoms with Gasteiger partial charge in [-0.05, 0) is 48.9 Å². The van der Waals surface area contributed by atoms with Gasteiger partial charge in [-0.2, -0.15) is 8.42 Å². The van der Waals surface area contributed by atoms with Gasteiger partial charge in [0.15, 0.2) is 0 Å². The molecule has 0 aromatic heterocycles. The van der Waals surface area contributed by atoms with E-state index >= 15 is 0 Å². The number of carbonyl (C=O) groups is 1. The van der Waals surface area contributed by atoms with Crippen LogP contribution in [0.2, 0.25) is 0 Å². The number of aromatic hydroxyl groups is 1. The first-order chi connectivity index (χ1) is 14.2. The Morgan fingerprint density at radius 3 is 2.10 bits per heavy atom. The lowest BCUT2D eigenvalue weighted by atomic mass is 10.2. The standard InChI is InChI=1S/C15H15NO3.C7H8O3S/c17-14-8-6-13(7-9-14)16-10-15(18)19-11-12-4-2-1-3-5-12;1-6-2-4-7(5-3-6)11(8,9)10/h1-9,16-17H,10-11H2;2-5H,1H3,(H,8,9,10). The van der Waals surface area contributed by atoms with Crippen LogP contribution in [-0.4, -0.2) is 30.6 Å². The smallest absolute Gasteiger partial charge is 0.325 e. The summed E-state index contributed by atoms with van der Waals surface area (Å²) in [6, 6.07) is 22.0. The lowest BCUT2D eigenvalue weighted by Gasteiger charge is -2.07. The van der Waals surface area contributed by atoms with E-state index in [9.17, 15) is 13.2 Å². The van der Waals surface area contributed by atoms with Crippen molar-refractivity contribution in [2.45, 2.75) is 18.4 Å². The molecule has 8 heteroatoms. The van der Waals surface area contributed by atoms with Gasteiger partial charge in [0.1, 0.15) is 18.9 Å². The Morgan fingerprint density at radius 2 is 1.53 bits per heavy atom. The summed E-state index contributed by atoms with van der Waals surface area (Å²) >= 11 is 0. The van der Waals surface area contributed by atoms with Gasteiger partial charge in [0.2, 0.25) is 0 Å². The summed E-state index contributed by atoms with van der Waals surface area (Å²) in [6.45, 7) is 2.21. The van der Waals surface area contributed by atoms with Gasteiger partial charge in [0, 0.05) is 5.69 Å². The third kappa shape index (κ3) is 8.34. The number of phenols is 1. The van der Waals surface area contributed by atoms with Gasteiger partial charge < -0.3 is 15.2 Å². The van der Waals surface area contributed by atoms with Crippen molar-refractivity contribution in [2.75, 3.05) is 11.9 Å². The van der Waals surface area contributed by atoms with Gasteiger partial charge in [-0.15, -0.1) is 0 Å². The molecule has 0 spiro atoms. The third-order valence-corrected chi connectivity index (χ3v) is 4.73. The number of esters is 1. The predicted octanol–water partition coefficient (Wildman–Crippen LogP) is 3.79. The molecule has 0 aliphatic carbocycles. The van der Waals surface area contributed by atoms with E-state index in [1.54, 1.807) is 36.4 Å². The van der Waals surface area contributed by atoms with Crippen molar-refractivity contribution in [3.8, 4) is 5.75 Å². The molecule has 0 bridgehead atoms. The SMILES string of the molecule is Cc1ccc(S(=O)(=O)O)cc1.O=C(CNc1ccc(O)cc1)OCc1ccccc1. The van der Waals surface area contributed by atoms with Crippen LogP contribution in [0.1, 0.15) is 11.1 Å². The minimum atomic E-state index is -4.02. The molecule has 3 rings (SSSR count). The fourth-order valence-corrected chi connectivity index (χ4v) is 2.73. The zero-order valence-corrected chi connectivity index (χ0v) is 17.2. The number of anilines is 1. The normalized spacial score (nSPS) is 10.5. The van der Waals surface area contributed by atoms with Crippen molar-refractivity contribution in [3.05, 3.63) is 90.0 Å². The molecule has 158 valence electrons. The van der Waals surface area contributed by atoms with Crippen molar-refractivity contribution in [2.24, 2.45) is 0 Å². The number of ether oxygens (including phenoxy) is 1. The average Bonchev–Trinajstić information content (AvgIpc) is 2.73. The summed E-state index contributed by atoms with van der Waals surface area (Å²) in [4.78, 5) is 11.5. The fourth-order valence-electron chi connectivity index (χ4n) is 2.25. The van der Waals surface area contributed by atoms with Gasteiger partial charge >= 0.3 is 5.97 Å². The van der Waals surface area contributed by atoms with E-state index in [2.05, 4.69) is 5.32 Å². The topological polar surface area (TPSA) is 113 Å². The Kier molecular flexibility index (Phi) is 8.40. The van der Waals surface area contributed by atoms with E-state index in [1.165, 1.54) is 12.1 Å². The highest BCUT2D eigenvalue weighted by atomic mass is 32.2. The Labute approximate surface area is 175 Å². The molecule has 3 N–H and O–H groups in total. The summed E-state index contributed by atoms with van der Waals surface area (Å²) in [7, 11) is -4.02. The van der Waals surface area contributed by atoms with Crippen LogP contribution >= 0.6 is 0 Å². The second kappa shape index (κ2) is 11.0.